The normalized spacial score (nSPS) is 11.0. The van der Waals surface area contributed by atoms with Crippen molar-refractivity contribution in [2.24, 2.45) is 0 Å². The van der Waals surface area contributed by atoms with Crippen molar-refractivity contribution >= 4 is 23.4 Å². The summed E-state index contributed by atoms with van der Waals surface area (Å²) in [5.41, 5.74) is 2.82. The molecule has 146 valence electrons. The Morgan fingerprint density at radius 2 is 1.83 bits per heavy atom. The Morgan fingerprint density at radius 1 is 1.07 bits per heavy atom. The van der Waals surface area contributed by atoms with Crippen molar-refractivity contribution in [3.63, 3.8) is 0 Å². The summed E-state index contributed by atoms with van der Waals surface area (Å²) in [6.45, 7) is 6.41. The SMILES string of the molecule is C=CCn1c(SCc2nc(-c3ccccc3)oc2C)nnc1-c1ccc(Cl)cc1. The molecule has 0 amide bonds. The fourth-order valence-corrected chi connectivity index (χ4v) is 3.98. The van der Waals surface area contributed by atoms with Crippen molar-refractivity contribution in [1.82, 2.24) is 19.7 Å². The van der Waals surface area contributed by atoms with Gasteiger partial charge in [-0.05, 0) is 43.3 Å². The molecule has 5 nitrogen and oxygen atoms in total. The fraction of sp³-hybridized carbons (Fsp3) is 0.136. The van der Waals surface area contributed by atoms with Crippen LogP contribution in [0.5, 0.6) is 0 Å². The molecule has 29 heavy (non-hydrogen) atoms. The quantitative estimate of drug-likeness (QED) is 0.268. The van der Waals surface area contributed by atoms with Crippen LogP contribution in [0.25, 0.3) is 22.8 Å². The molecule has 0 aliphatic rings. The lowest BCUT2D eigenvalue weighted by atomic mass is 10.2. The molecule has 0 aliphatic heterocycles. The third kappa shape index (κ3) is 4.28. The molecular weight excluding hydrogens is 404 g/mol. The molecule has 0 radical (unpaired) electrons. The minimum absolute atomic E-state index is 0.611. The summed E-state index contributed by atoms with van der Waals surface area (Å²) in [7, 11) is 0. The first-order valence-corrected chi connectivity index (χ1v) is 10.5. The number of oxazole rings is 1. The van der Waals surface area contributed by atoms with Gasteiger partial charge >= 0.3 is 0 Å². The van der Waals surface area contributed by atoms with Crippen molar-refractivity contribution < 1.29 is 4.42 Å². The number of hydrogen-bond donors (Lipinski definition) is 0. The lowest BCUT2D eigenvalue weighted by Crippen LogP contribution is -2.01. The molecule has 0 saturated carbocycles. The van der Waals surface area contributed by atoms with E-state index in [1.54, 1.807) is 11.8 Å². The Labute approximate surface area is 178 Å². The summed E-state index contributed by atoms with van der Waals surface area (Å²) in [4.78, 5) is 4.67. The van der Waals surface area contributed by atoms with Crippen molar-refractivity contribution in [3.05, 3.63) is 83.7 Å². The van der Waals surface area contributed by atoms with Gasteiger partial charge in [-0.1, -0.05) is 47.6 Å². The molecule has 0 unspecified atom stereocenters. The minimum Gasteiger partial charge on any atom is -0.441 e. The lowest BCUT2D eigenvalue weighted by Gasteiger charge is -2.07. The third-order valence-corrected chi connectivity index (χ3v) is 5.61. The molecule has 0 N–H and O–H groups in total. The summed E-state index contributed by atoms with van der Waals surface area (Å²) >= 11 is 7.58. The number of hydrogen-bond acceptors (Lipinski definition) is 5. The van der Waals surface area contributed by atoms with E-state index in [2.05, 4.69) is 21.8 Å². The van der Waals surface area contributed by atoms with E-state index in [4.69, 9.17) is 16.0 Å². The van der Waals surface area contributed by atoms with Gasteiger partial charge < -0.3 is 4.42 Å². The number of benzene rings is 2. The van der Waals surface area contributed by atoms with Crippen LogP contribution in [0.3, 0.4) is 0 Å². The predicted octanol–water partition coefficient (Wildman–Crippen LogP) is 6.04. The van der Waals surface area contributed by atoms with E-state index in [0.29, 0.717) is 23.2 Å². The van der Waals surface area contributed by atoms with Crippen LogP contribution in [0, 0.1) is 6.92 Å². The molecule has 0 fully saturated rings. The first kappa shape index (κ1) is 19.5. The second-order valence-electron chi connectivity index (χ2n) is 6.39. The molecule has 0 bridgehead atoms. The van der Waals surface area contributed by atoms with E-state index < -0.39 is 0 Å². The Balaban J connectivity index is 1.57. The number of thioether (sulfide) groups is 1. The van der Waals surface area contributed by atoms with Gasteiger partial charge in [-0.2, -0.15) is 0 Å². The third-order valence-electron chi connectivity index (χ3n) is 4.38. The summed E-state index contributed by atoms with van der Waals surface area (Å²) in [6.07, 6.45) is 1.84. The van der Waals surface area contributed by atoms with Gasteiger partial charge in [0, 0.05) is 28.4 Å². The molecule has 0 aliphatic carbocycles. The zero-order valence-electron chi connectivity index (χ0n) is 15.9. The van der Waals surface area contributed by atoms with Gasteiger partial charge in [-0.3, -0.25) is 4.57 Å². The van der Waals surface area contributed by atoms with Gasteiger partial charge in [0.15, 0.2) is 11.0 Å². The second kappa shape index (κ2) is 8.68. The van der Waals surface area contributed by atoms with Gasteiger partial charge in [0.05, 0.1) is 5.69 Å². The molecular formula is C22H19ClN4OS. The largest absolute Gasteiger partial charge is 0.441 e. The van der Waals surface area contributed by atoms with Crippen LogP contribution in [-0.2, 0) is 12.3 Å². The Bertz CT molecular complexity index is 1120. The van der Waals surface area contributed by atoms with Crippen LogP contribution in [0.2, 0.25) is 5.02 Å². The van der Waals surface area contributed by atoms with Crippen LogP contribution in [-0.4, -0.2) is 19.7 Å². The fourth-order valence-electron chi connectivity index (χ4n) is 2.90. The van der Waals surface area contributed by atoms with Gasteiger partial charge in [-0.25, -0.2) is 4.98 Å². The van der Waals surface area contributed by atoms with Crippen molar-refractivity contribution in [2.45, 2.75) is 24.4 Å². The molecule has 4 rings (SSSR count). The highest BCUT2D eigenvalue weighted by Gasteiger charge is 2.16. The van der Waals surface area contributed by atoms with Gasteiger partial charge in [-0.15, -0.1) is 16.8 Å². The maximum Gasteiger partial charge on any atom is 0.226 e. The van der Waals surface area contributed by atoms with E-state index >= 15 is 0 Å². The van der Waals surface area contributed by atoms with Crippen LogP contribution < -0.4 is 0 Å². The molecule has 2 aromatic heterocycles. The lowest BCUT2D eigenvalue weighted by molar-refractivity contribution is 0.540. The monoisotopic (exact) mass is 422 g/mol. The topological polar surface area (TPSA) is 56.7 Å². The van der Waals surface area contributed by atoms with E-state index in [1.807, 2.05) is 72.2 Å². The van der Waals surface area contributed by atoms with Crippen molar-refractivity contribution in [2.75, 3.05) is 0 Å². The highest BCUT2D eigenvalue weighted by Crippen LogP contribution is 2.29. The number of aryl methyl sites for hydroxylation is 1. The van der Waals surface area contributed by atoms with Crippen LogP contribution >= 0.6 is 23.4 Å². The molecule has 2 aromatic carbocycles. The number of allylic oxidation sites excluding steroid dienone is 1. The highest BCUT2D eigenvalue weighted by molar-refractivity contribution is 7.98. The standard InChI is InChI=1S/C22H19ClN4OS/c1-3-13-27-20(16-9-11-18(23)12-10-16)25-26-22(27)29-14-19-15(2)28-21(24-19)17-7-5-4-6-8-17/h3-12H,1,13-14H2,2H3. The number of nitrogens with zero attached hydrogens (tertiary/aromatic N) is 4. The Hall–Kier alpha value is -2.83. The number of aromatic nitrogens is 4. The molecule has 0 atom stereocenters. The van der Waals surface area contributed by atoms with E-state index in [-0.39, 0.29) is 0 Å². The predicted molar refractivity (Wildman–Crippen MR) is 117 cm³/mol. The first-order valence-electron chi connectivity index (χ1n) is 9.10. The first-order chi connectivity index (χ1) is 14.2. The molecule has 2 heterocycles. The Kier molecular flexibility index (Phi) is 5.83. The maximum atomic E-state index is 6.00. The second-order valence-corrected chi connectivity index (χ2v) is 7.77. The molecule has 0 saturated heterocycles. The highest BCUT2D eigenvalue weighted by atomic mass is 35.5. The van der Waals surface area contributed by atoms with Crippen LogP contribution in [0.4, 0.5) is 0 Å². The van der Waals surface area contributed by atoms with Gasteiger partial charge in [0.2, 0.25) is 5.89 Å². The summed E-state index contributed by atoms with van der Waals surface area (Å²) in [5, 5.41) is 10.3. The number of rotatable bonds is 7. The zero-order valence-corrected chi connectivity index (χ0v) is 17.5. The van der Waals surface area contributed by atoms with E-state index in [9.17, 15) is 0 Å². The molecule has 7 heteroatoms. The molecule has 0 spiro atoms. The van der Waals surface area contributed by atoms with Crippen molar-refractivity contribution in [1.29, 1.82) is 0 Å². The Morgan fingerprint density at radius 3 is 2.55 bits per heavy atom. The summed E-state index contributed by atoms with van der Waals surface area (Å²) < 4.78 is 7.89. The van der Waals surface area contributed by atoms with Gasteiger partial charge in [0.1, 0.15) is 5.76 Å². The van der Waals surface area contributed by atoms with Crippen LogP contribution in [0.15, 0.2) is 76.8 Å². The van der Waals surface area contributed by atoms with Gasteiger partial charge in [0.25, 0.3) is 0 Å². The average molecular weight is 423 g/mol. The summed E-state index contributed by atoms with van der Waals surface area (Å²) in [5.74, 6) is 2.86. The van der Waals surface area contributed by atoms with Crippen LogP contribution in [0.1, 0.15) is 11.5 Å². The van der Waals surface area contributed by atoms with Crippen molar-refractivity contribution in [3.8, 4) is 22.8 Å². The van der Waals surface area contributed by atoms with E-state index in [0.717, 1.165) is 33.6 Å². The minimum atomic E-state index is 0.611. The summed E-state index contributed by atoms with van der Waals surface area (Å²) in [6, 6.07) is 17.5. The number of halogens is 1. The smallest absolute Gasteiger partial charge is 0.226 e. The molecule has 4 aromatic rings. The zero-order chi connectivity index (χ0) is 20.2. The van der Waals surface area contributed by atoms with E-state index in [1.165, 1.54) is 0 Å². The average Bonchev–Trinajstić information content (AvgIpc) is 3.31. The maximum absolute atomic E-state index is 6.00.